The second kappa shape index (κ2) is 8.66. The van der Waals surface area contributed by atoms with Crippen molar-refractivity contribution >= 4 is 17.4 Å². The van der Waals surface area contributed by atoms with Crippen LogP contribution in [0, 0.1) is 12.7 Å². The predicted molar refractivity (Wildman–Crippen MR) is 115 cm³/mol. The Hall–Kier alpha value is -3.94. The molecule has 8 heteroatoms. The van der Waals surface area contributed by atoms with E-state index in [2.05, 4.69) is 4.98 Å². The highest BCUT2D eigenvalue weighted by molar-refractivity contribution is 6.46. The van der Waals surface area contributed by atoms with Crippen LogP contribution in [0.15, 0.2) is 66.8 Å². The third-order valence-corrected chi connectivity index (χ3v) is 5.55. The van der Waals surface area contributed by atoms with Crippen LogP contribution in [-0.2, 0) is 16.1 Å². The summed E-state index contributed by atoms with van der Waals surface area (Å²) in [4.78, 5) is 31.2. The Balaban J connectivity index is 1.75. The molecule has 2 aromatic carbocycles. The summed E-state index contributed by atoms with van der Waals surface area (Å²) < 4.78 is 16.0. The zero-order valence-corrected chi connectivity index (χ0v) is 17.4. The molecule has 1 unspecified atom stereocenters. The fraction of sp³-hybridized carbons (Fsp3) is 0.208. The summed E-state index contributed by atoms with van der Waals surface area (Å²) in [5, 5.41) is 20.9. The third kappa shape index (κ3) is 3.99. The first-order chi connectivity index (χ1) is 15.4. The largest absolute Gasteiger partial charge is 0.508 e. The first kappa shape index (κ1) is 21.3. The van der Waals surface area contributed by atoms with Gasteiger partial charge in [0.15, 0.2) is 0 Å². The molecule has 2 N–H and O–H groups in total. The summed E-state index contributed by atoms with van der Waals surface area (Å²) >= 11 is 0. The fourth-order valence-corrected chi connectivity index (χ4v) is 3.89. The zero-order valence-electron chi connectivity index (χ0n) is 17.4. The minimum atomic E-state index is -0.908. The van der Waals surface area contributed by atoms with Crippen LogP contribution >= 0.6 is 0 Å². The van der Waals surface area contributed by atoms with Crippen molar-refractivity contribution in [1.82, 2.24) is 14.5 Å². The minimum Gasteiger partial charge on any atom is -0.508 e. The van der Waals surface area contributed by atoms with Crippen LogP contribution in [0.5, 0.6) is 5.75 Å². The van der Waals surface area contributed by atoms with Gasteiger partial charge in [0.2, 0.25) is 0 Å². The highest BCUT2D eigenvalue weighted by atomic mass is 19.1. The molecule has 3 aromatic rings. The maximum absolute atomic E-state index is 14.1. The summed E-state index contributed by atoms with van der Waals surface area (Å²) in [6.45, 7) is 2.41. The van der Waals surface area contributed by atoms with Gasteiger partial charge in [-0.1, -0.05) is 24.3 Å². The van der Waals surface area contributed by atoms with Crippen LogP contribution in [0.25, 0.3) is 5.76 Å². The number of phenolic OH excluding ortho intramolecular Hbond substituents is 1. The van der Waals surface area contributed by atoms with Gasteiger partial charge in [-0.05, 0) is 42.7 Å². The van der Waals surface area contributed by atoms with Gasteiger partial charge in [0.05, 0.1) is 17.9 Å². The Labute approximate surface area is 184 Å². The second-order valence-electron chi connectivity index (χ2n) is 7.71. The molecule has 0 aliphatic carbocycles. The summed E-state index contributed by atoms with van der Waals surface area (Å²) in [5.41, 5.74) is 0.841. The molecule has 32 heavy (non-hydrogen) atoms. The number of aliphatic hydroxyl groups is 1. The first-order valence-electron chi connectivity index (χ1n) is 10.2. The first-order valence-corrected chi connectivity index (χ1v) is 10.2. The smallest absolute Gasteiger partial charge is 0.295 e. The number of hydrogen-bond acceptors (Lipinski definition) is 5. The van der Waals surface area contributed by atoms with E-state index in [1.807, 2.05) is 4.57 Å². The van der Waals surface area contributed by atoms with E-state index in [1.54, 1.807) is 37.8 Å². The van der Waals surface area contributed by atoms with E-state index in [9.17, 15) is 24.2 Å². The lowest BCUT2D eigenvalue weighted by Gasteiger charge is -2.25. The lowest BCUT2D eigenvalue weighted by atomic mass is 9.94. The summed E-state index contributed by atoms with van der Waals surface area (Å²) in [6, 6.07) is 9.41. The van der Waals surface area contributed by atoms with Crippen molar-refractivity contribution in [3.63, 3.8) is 0 Å². The van der Waals surface area contributed by atoms with Gasteiger partial charge in [-0.2, -0.15) is 0 Å². The van der Waals surface area contributed by atoms with Gasteiger partial charge < -0.3 is 19.7 Å². The van der Waals surface area contributed by atoms with Gasteiger partial charge >= 0.3 is 0 Å². The Morgan fingerprint density at radius 2 is 1.97 bits per heavy atom. The molecule has 1 aromatic heterocycles. The number of aliphatic hydroxyl groups excluding tert-OH is 1. The van der Waals surface area contributed by atoms with Crippen molar-refractivity contribution in [2.24, 2.45) is 0 Å². The van der Waals surface area contributed by atoms with Crippen molar-refractivity contribution in [3.05, 3.63) is 89.3 Å². The number of aryl methyl sites for hydroxylation is 2. The molecule has 2 heterocycles. The number of carbonyl (C=O) groups excluding carboxylic acids is 2. The normalized spacial score (nSPS) is 17.8. The molecule has 1 saturated heterocycles. The number of amides is 1. The lowest BCUT2D eigenvalue weighted by Crippen LogP contribution is -2.31. The Morgan fingerprint density at radius 1 is 1.16 bits per heavy atom. The molecule has 1 aliphatic heterocycles. The number of imidazole rings is 1. The molecule has 1 fully saturated rings. The van der Waals surface area contributed by atoms with Crippen LogP contribution in [0.4, 0.5) is 4.39 Å². The van der Waals surface area contributed by atoms with E-state index in [0.29, 0.717) is 24.1 Å². The van der Waals surface area contributed by atoms with Crippen LogP contribution < -0.4 is 0 Å². The van der Waals surface area contributed by atoms with E-state index in [4.69, 9.17) is 0 Å². The fourth-order valence-electron chi connectivity index (χ4n) is 3.89. The average Bonchev–Trinajstić information content (AvgIpc) is 3.37. The maximum Gasteiger partial charge on any atom is 0.295 e. The molecule has 1 atom stereocenters. The van der Waals surface area contributed by atoms with E-state index < -0.39 is 29.3 Å². The SMILES string of the molecule is Cc1ccc(/C(O)=C2/C(=O)C(=O)N(CCCn3ccnc3)C2c2cccc(O)c2)cc1F. The van der Waals surface area contributed by atoms with Crippen LogP contribution in [0.2, 0.25) is 0 Å². The van der Waals surface area contributed by atoms with Crippen LogP contribution in [0.1, 0.15) is 29.2 Å². The predicted octanol–water partition coefficient (Wildman–Crippen LogP) is 3.55. The third-order valence-electron chi connectivity index (χ3n) is 5.55. The topological polar surface area (TPSA) is 95.7 Å². The monoisotopic (exact) mass is 435 g/mol. The van der Waals surface area contributed by atoms with Gasteiger partial charge in [-0.15, -0.1) is 0 Å². The molecule has 1 amide bonds. The number of likely N-dealkylation sites (tertiary alicyclic amines) is 1. The zero-order chi connectivity index (χ0) is 22.8. The number of phenols is 1. The van der Waals surface area contributed by atoms with Crippen molar-refractivity contribution < 1.29 is 24.2 Å². The van der Waals surface area contributed by atoms with Gasteiger partial charge in [0, 0.05) is 31.0 Å². The van der Waals surface area contributed by atoms with E-state index >= 15 is 0 Å². The number of hydrogen-bond donors (Lipinski definition) is 2. The molecule has 7 nitrogen and oxygen atoms in total. The van der Waals surface area contributed by atoms with E-state index in [1.165, 1.54) is 29.2 Å². The molecule has 1 aliphatic rings. The number of carbonyl (C=O) groups is 2. The molecule has 164 valence electrons. The molecule has 4 rings (SSSR count). The van der Waals surface area contributed by atoms with E-state index in [0.717, 1.165) is 6.07 Å². The van der Waals surface area contributed by atoms with E-state index in [-0.39, 0.29) is 23.4 Å². The molecule has 0 spiro atoms. The summed E-state index contributed by atoms with van der Waals surface area (Å²) in [6.07, 6.45) is 5.65. The number of benzene rings is 2. The van der Waals surface area contributed by atoms with Gasteiger partial charge in [-0.25, -0.2) is 9.37 Å². The minimum absolute atomic E-state index is 0.0344. The Kier molecular flexibility index (Phi) is 5.77. The molecular formula is C24H22FN3O4. The van der Waals surface area contributed by atoms with Crippen LogP contribution in [0.3, 0.4) is 0 Å². The van der Waals surface area contributed by atoms with Crippen molar-refractivity contribution in [1.29, 1.82) is 0 Å². The lowest BCUT2D eigenvalue weighted by molar-refractivity contribution is -0.139. The Morgan fingerprint density at radius 3 is 2.66 bits per heavy atom. The number of aromatic nitrogens is 2. The molecular weight excluding hydrogens is 413 g/mol. The quantitative estimate of drug-likeness (QED) is 0.351. The Bertz CT molecular complexity index is 1200. The van der Waals surface area contributed by atoms with Gasteiger partial charge in [0.25, 0.3) is 11.7 Å². The maximum atomic E-state index is 14.1. The summed E-state index contributed by atoms with van der Waals surface area (Å²) in [7, 11) is 0. The van der Waals surface area contributed by atoms with Crippen molar-refractivity contribution in [2.75, 3.05) is 6.54 Å². The van der Waals surface area contributed by atoms with Gasteiger partial charge in [-0.3, -0.25) is 9.59 Å². The number of ketones is 1. The molecule has 0 saturated carbocycles. The highest BCUT2D eigenvalue weighted by Crippen LogP contribution is 2.40. The average molecular weight is 435 g/mol. The number of nitrogens with zero attached hydrogens (tertiary/aromatic N) is 3. The summed E-state index contributed by atoms with van der Waals surface area (Å²) in [5.74, 6) is -2.62. The van der Waals surface area contributed by atoms with Crippen molar-refractivity contribution in [3.8, 4) is 5.75 Å². The number of Topliss-reactive ketones (excluding diaryl/α,β-unsaturated/α-hetero) is 1. The molecule has 0 bridgehead atoms. The van der Waals surface area contributed by atoms with Crippen molar-refractivity contribution in [2.45, 2.75) is 25.9 Å². The second-order valence-corrected chi connectivity index (χ2v) is 7.71. The molecule has 0 radical (unpaired) electrons. The number of halogens is 1. The number of aromatic hydroxyl groups is 1. The number of rotatable bonds is 6. The van der Waals surface area contributed by atoms with Crippen LogP contribution in [-0.4, -0.2) is 42.9 Å². The standard InChI is InChI=1S/C24H22FN3O4/c1-15-6-7-17(13-19(15)25)22(30)20-21(16-4-2-5-18(29)12-16)28(24(32)23(20)31)10-3-9-27-11-8-26-14-27/h2,4-8,11-14,21,29-30H,3,9-10H2,1H3/b22-20-. The van der Waals surface area contributed by atoms with Gasteiger partial charge in [0.1, 0.15) is 17.3 Å². The highest BCUT2D eigenvalue weighted by Gasteiger charge is 2.45.